The van der Waals surface area contributed by atoms with Crippen molar-refractivity contribution in [3.05, 3.63) is 17.4 Å². The first-order chi connectivity index (χ1) is 6.63. The van der Waals surface area contributed by atoms with Gasteiger partial charge in [0.05, 0.1) is 24.4 Å². The van der Waals surface area contributed by atoms with Crippen molar-refractivity contribution in [2.24, 2.45) is 0 Å². The topological polar surface area (TPSA) is 64.3 Å². The van der Waals surface area contributed by atoms with Crippen LogP contribution >= 0.6 is 11.6 Å². The molecule has 1 rings (SSSR count). The molecule has 1 aromatic heterocycles. The highest BCUT2D eigenvalue weighted by atomic mass is 35.5. The maximum Gasteiger partial charge on any atom is 0.336 e. The van der Waals surface area contributed by atoms with E-state index in [2.05, 4.69) is 9.84 Å². The van der Waals surface area contributed by atoms with Crippen LogP contribution in [-0.4, -0.2) is 33.6 Å². The molecule has 1 atom stereocenters. The third-order valence-corrected chi connectivity index (χ3v) is 1.72. The zero-order valence-electron chi connectivity index (χ0n) is 7.68. The zero-order valence-corrected chi connectivity index (χ0v) is 8.44. The summed E-state index contributed by atoms with van der Waals surface area (Å²) in [6.45, 7) is 1.97. The summed E-state index contributed by atoms with van der Waals surface area (Å²) in [6, 6.07) is 0. The van der Waals surface area contributed by atoms with Crippen LogP contribution in [0.3, 0.4) is 0 Å². The molecule has 0 saturated carbocycles. The van der Waals surface area contributed by atoms with Gasteiger partial charge in [-0.15, -0.1) is 0 Å². The monoisotopic (exact) mass is 218 g/mol. The first-order valence-electron chi connectivity index (χ1n) is 4.16. The highest BCUT2D eigenvalue weighted by Crippen LogP contribution is 2.05. The van der Waals surface area contributed by atoms with Crippen molar-refractivity contribution in [2.75, 3.05) is 6.61 Å². The number of hydrogen-bond donors (Lipinski definition) is 1. The molecule has 0 saturated heterocycles. The van der Waals surface area contributed by atoms with E-state index in [1.165, 1.54) is 17.1 Å². The molecule has 14 heavy (non-hydrogen) atoms. The third kappa shape index (κ3) is 3.01. The van der Waals surface area contributed by atoms with Crippen LogP contribution in [0.5, 0.6) is 0 Å². The van der Waals surface area contributed by atoms with Crippen molar-refractivity contribution in [3.63, 3.8) is 0 Å². The normalized spacial score (nSPS) is 12.5. The maximum atomic E-state index is 11.0. The van der Waals surface area contributed by atoms with Crippen molar-refractivity contribution in [1.82, 2.24) is 9.78 Å². The van der Waals surface area contributed by atoms with Gasteiger partial charge in [0.15, 0.2) is 6.10 Å². The number of halogens is 1. The van der Waals surface area contributed by atoms with Gasteiger partial charge in [-0.1, -0.05) is 11.6 Å². The summed E-state index contributed by atoms with van der Waals surface area (Å²) in [5.74, 6) is -0.654. The Morgan fingerprint density at radius 3 is 3.07 bits per heavy atom. The molecular formula is C8H11ClN2O3. The molecular weight excluding hydrogens is 208 g/mol. The van der Waals surface area contributed by atoms with Gasteiger partial charge >= 0.3 is 5.97 Å². The van der Waals surface area contributed by atoms with Crippen LogP contribution in [-0.2, 0) is 16.1 Å². The van der Waals surface area contributed by atoms with E-state index in [0.717, 1.165) is 0 Å². The van der Waals surface area contributed by atoms with E-state index >= 15 is 0 Å². The maximum absolute atomic E-state index is 11.0. The number of carbonyl (C=O) groups is 1. The summed E-state index contributed by atoms with van der Waals surface area (Å²) >= 11 is 5.60. The van der Waals surface area contributed by atoms with Gasteiger partial charge in [0, 0.05) is 6.20 Å². The molecule has 0 aliphatic carbocycles. The highest BCUT2D eigenvalue weighted by Gasteiger charge is 2.16. The average molecular weight is 219 g/mol. The number of nitrogens with zero attached hydrogens (tertiary/aromatic N) is 2. The van der Waals surface area contributed by atoms with Crippen LogP contribution < -0.4 is 0 Å². The van der Waals surface area contributed by atoms with E-state index in [-0.39, 0.29) is 13.2 Å². The molecule has 0 spiro atoms. The van der Waals surface area contributed by atoms with Crippen molar-refractivity contribution in [3.8, 4) is 0 Å². The molecule has 78 valence electrons. The lowest BCUT2D eigenvalue weighted by Gasteiger charge is -2.08. The number of carbonyl (C=O) groups excluding carboxylic acids is 1. The lowest BCUT2D eigenvalue weighted by molar-refractivity contribution is -0.153. The van der Waals surface area contributed by atoms with E-state index in [9.17, 15) is 9.90 Å². The van der Waals surface area contributed by atoms with Crippen LogP contribution in [0.1, 0.15) is 6.92 Å². The molecule has 0 fully saturated rings. The van der Waals surface area contributed by atoms with Gasteiger partial charge in [-0.2, -0.15) is 5.10 Å². The Bertz CT molecular complexity index is 313. The van der Waals surface area contributed by atoms with Crippen LogP contribution in [0.15, 0.2) is 12.4 Å². The summed E-state index contributed by atoms with van der Waals surface area (Å²) in [5, 5.41) is 13.6. The van der Waals surface area contributed by atoms with E-state index in [0.29, 0.717) is 5.02 Å². The Hall–Kier alpha value is -1.07. The third-order valence-electron chi connectivity index (χ3n) is 1.52. The number of hydrogen-bond acceptors (Lipinski definition) is 4. The SMILES string of the molecule is CCOC(=O)[C@H](O)Cn1cc(Cl)cn1. The fraction of sp³-hybridized carbons (Fsp3) is 0.500. The molecule has 0 aliphatic rings. The standard InChI is InChI=1S/C8H11ClN2O3/c1-2-14-8(13)7(12)5-11-4-6(9)3-10-11/h3-4,7,12H,2,5H2,1H3/t7-/m1/s1. The van der Waals surface area contributed by atoms with E-state index in [4.69, 9.17) is 11.6 Å². The fourth-order valence-electron chi connectivity index (χ4n) is 0.928. The summed E-state index contributed by atoms with van der Waals surface area (Å²) in [6.07, 6.45) is 1.74. The Labute approximate surface area is 86.2 Å². The van der Waals surface area contributed by atoms with Crippen LogP contribution in [0.25, 0.3) is 0 Å². The molecule has 0 aliphatic heterocycles. The van der Waals surface area contributed by atoms with Gasteiger partial charge < -0.3 is 9.84 Å². The van der Waals surface area contributed by atoms with E-state index < -0.39 is 12.1 Å². The second kappa shape index (κ2) is 4.97. The fourth-order valence-corrected chi connectivity index (χ4v) is 1.08. The summed E-state index contributed by atoms with van der Waals surface area (Å²) in [5.41, 5.74) is 0. The summed E-state index contributed by atoms with van der Waals surface area (Å²) in [4.78, 5) is 11.0. The molecule has 0 bridgehead atoms. The number of esters is 1. The number of aliphatic hydroxyl groups excluding tert-OH is 1. The minimum Gasteiger partial charge on any atom is -0.464 e. The molecule has 0 aromatic carbocycles. The van der Waals surface area contributed by atoms with Gasteiger partial charge in [0.2, 0.25) is 0 Å². The predicted molar refractivity (Wildman–Crippen MR) is 49.9 cm³/mol. The average Bonchev–Trinajstić information content (AvgIpc) is 2.51. The first-order valence-corrected chi connectivity index (χ1v) is 4.54. The molecule has 1 N–H and O–H groups in total. The molecule has 0 amide bonds. The number of ether oxygens (including phenoxy) is 1. The number of aliphatic hydroxyl groups is 1. The number of aromatic nitrogens is 2. The van der Waals surface area contributed by atoms with Crippen molar-refractivity contribution in [2.45, 2.75) is 19.6 Å². The smallest absolute Gasteiger partial charge is 0.336 e. The van der Waals surface area contributed by atoms with Gasteiger partial charge in [0.1, 0.15) is 0 Å². The minimum atomic E-state index is -1.20. The second-order valence-corrected chi connectivity index (χ2v) is 3.08. The quantitative estimate of drug-likeness (QED) is 0.746. The summed E-state index contributed by atoms with van der Waals surface area (Å²) < 4.78 is 6.00. The second-order valence-electron chi connectivity index (χ2n) is 2.65. The van der Waals surface area contributed by atoms with Gasteiger partial charge in [-0.25, -0.2) is 4.79 Å². The molecule has 1 heterocycles. The summed E-state index contributed by atoms with van der Waals surface area (Å²) in [7, 11) is 0. The van der Waals surface area contributed by atoms with Crippen molar-refractivity contribution >= 4 is 17.6 Å². The Morgan fingerprint density at radius 2 is 2.57 bits per heavy atom. The molecule has 1 aromatic rings. The zero-order chi connectivity index (χ0) is 10.6. The van der Waals surface area contributed by atoms with E-state index in [1.54, 1.807) is 6.92 Å². The van der Waals surface area contributed by atoms with Crippen molar-refractivity contribution in [1.29, 1.82) is 0 Å². The Balaban J connectivity index is 2.48. The molecule has 5 nitrogen and oxygen atoms in total. The highest BCUT2D eigenvalue weighted by molar-refractivity contribution is 6.30. The van der Waals surface area contributed by atoms with Crippen LogP contribution in [0.4, 0.5) is 0 Å². The van der Waals surface area contributed by atoms with E-state index in [1.807, 2.05) is 0 Å². The molecule has 0 unspecified atom stereocenters. The molecule has 0 radical (unpaired) electrons. The van der Waals surface area contributed by atoms with Gasteiger partial charge in [-0.05, 0) is 6.92 Å². The van der Waals surface area contributed by atoms with Crippen molar-refractivity contribution < 1.29 is 14.6 Å². The largest absolute Gasteiger partial charge is 0.464 e. The Kier molecular flexibility index (Phi) is 3.91. The lowest BCUT2D eigenvalue weighted by atomic mass is 10.3. The van der Waals surface area contributed by atoms with Gasteiger partial charge in [0.25, 0.3) is 0 Å². The predicted octanol–water partition coefficient (Wildman–Crippen LogP) is 0.460. The van der Waals surface area contributed by atoms with Crippen LogP contribution in [0.2, 0.25) is 5.02 Å². The Morgan fingerprint density at radius 1 is 1.86 bits per heavy atom. The lowest BCUT2D eigenvalue weighted by Crippen LogP contribution is -2.28. The van der Waals surface area contributed by atoms with Crippen LogP contribution in [0, 0.1) is 0 Å². The minimum absolute atomic E-state index is 0.0472. The van der Waals surface area contributed by atoms with Gasteiger partial charge in [-0.3, -0.25) is 4.68 Å². The molecule has 6 heteroatoms. The first kappa shape index (κ1) is 11.0. The number of rotatable bonds is 4.